The lowest BCUT2D eigenvalue weighted by molar-refractivity contribution is -0.128. The first-order valence-electron chi connectivity index (χ1n) is 12.6. The average Bonchev–Trinajstić information content (AvgIpc) is 2.84. The molecule has 4 rings (SSSR count). The Morgan fingerprint density at radius 2 is 1.63 bits per heavy atom. The van der Waals surface area contributed by atoms with E-state index >= 15 is 0 Å². The summed E-state index contributed by atoms with van der Waals surface area (Å²) in [4.78, 5) is 0. The Balaban J connectivity index is 1.60. The van der Waals surface area contributed by atoms with Gasteiger partial charge in [0, 0.05) is 0 Å². The Hall–Kier alpha value is -0.260. The lowest BCUT2D eigenvalue weighted by atomic mass is 9.42. The van der Waals surface area contributed by atoms with Crippen LogP contribution in [0.2, 0.25) is 0 Å². The molecule has 154 valence electrons. The van der Waals surface area contributed by atoms with Crippen LogP contribution in [0.15, 0.2) is 12.2 Å². The van der Waals surface area contributed by atoms with Crippen LogP contribution in [0.5, 0.6) is 0 Å². The zero-order valence-electron chi connectivity index (χ0n) is 18.9. The molecule has 0 bridgehead atoms. The smallest absolute Gasteiger partial charge is 0.0149 e. The van der Waals surface area contributed by atoms with Crippen LogP contribution in [-0.4, -0.2) is 0 Å². The van der Waals surface area contributed by atoms with E-state index in [0.717, 1.165) is 35.5 Å². The Kier molecular flexibility index (Phi) is 5.59. The zero-order chi connectivity index (χ0) is 19.2. The first-order valence-corrected chi connectivity index (χ1v) is 12.6. The third-order valence-electron chi connectivity index (χ3n) is 10.8. The maximum atomic E-state index is 4.55. The molecule has 0 heterocycles. The van der Waals surface area contributed by atoms with Crippen LogP contribution in [0.3, 0.4) is 0 Å². The summed E-state index contributed by atoms with van der Waals surface area (Å²) < 4.78 is 0. The van der Waals surface area contributed by atoms with Gasteiger partial charge in [-0.15, -0.1) is 0 Å². The number of hydrogen-bond donors (Lipinski definition) is 0. The molecule has 0 aliphatic heterocycles. The lowest BCUT2D eigenvalue weighted by Gasteiger charge is -2.63. The van der Waals surface area contributed by atoms with Crippen molar-refractivity contribution in [1.29, 1.82) is 0 Å². The molecule has 0 aromatic carbocycles. The van der Waals surface area contributed by atoms with Gasteiger partial charge in [-0.3, -0.25) is 0 Å². The topological polar surface area (TPSA) is 0 Å². The van der Waals surface area contributed by atoms with Gasteiger partial charge in [0.15, 0.2) is 0 Å². The fourth-order valence-electron chi connectivity index (χ4n) is 9.09. The molecule has 0 aromatic heterocycles. The van der Waals surface area contributed by atoms with Gasteiger partial charge < -0.3 is 0 Å². The molecule has 0 heteroatoms. The quantitative estimate of drug-likeness (QED) is 0.437. The van der Waals surface area contributed by atoms with Gasteiger partial charge in [0.25, 0.3) is 0 Å². The van der Waals surface area contributed by atoms with Gasteiger partial charge in [-0.05, 0) is 104 Å². The Morgan fingerprint density at radius 1 is 0.852 bits per heavy atom. The van der Waals surface area contributed by atoms with Crippen molar-refractivity contribution in [3.63, 3.8) is 0 Å². The van der Waals surface area contributed by atoms with Crippen molar-refractivity contribution in [2.45, 2.75) is 111 Å². The SMILES string of the molecule is C=C(CC)C1CCCC2C3CCC4CC(CC)CCCC4(C)C3CCC12C. The van der Waals surface area contributed by atoms with Crippen LogP contribution in [0.1, 0.15) is 111 Å². The molecule has 8 unspecified atom stereocenters. The number of fused-ring (bicyclic) bond motifs is 5. The molecule has 0 N–H and O–H groups in total. The van der Waals surface area contributed by atoms with Gasteiger partial charge in [0.2, 0.25) is 0 Å². The maximum absolute atomic E-state index is 4.55. The van der Waals surface area contributed by atoms with Crippen LogP contribution >= 0.6 is 0 Å². The van der Waals surface area contributed by atoms with Crippen molar-refractivity contribution >= 4 is 0 Å². The second-order valence-corrected chi connectivity index (χ2v) is 11.6. The van der Waals surface area contributed by atoms with Crippen LogP contribution < -0.4 is 0 Å². The van der Waals surface area contributed by atoms with Crippen LogP contribution in [0.4, 0.5) is 0 Å². The summed E-state index contributed by atoms with van der Waals surface area (Å²) >= 11 is 0. The molecule has 8 atom stereocenters. The highest BCUT2D eigenvalue weighted by Gasteiger charge is 2.58. The molecule has 0 amide bonds. The summed E-state index contributed by atoms with van der Waals surface area (Å²) in [6.45, 7) is 14.8. The van der Waals surface area contributed by atoms with Crippen LogP contribution in [0.25, 0.3) is 0 Å². The first-order chi connectivity index (χ1) is 12.9. The molecule has 4 aliphatic carbocycles. The van der Waals surface area contributed by atoms with E-state index in [1.807, 2.05) is 0 Å². The standard InChI is InChI=1S/C27H46/c1-6-19(3)23-11-8-12-24-22-14-13-21-18-20(7-2)10-9-16-26(21,4)25(22)15-17-27(23,24)5/h20-25H,3,6-18H2,1-2,4-5H3. The summed E-state index contributed by atoms with van der Waals surface area (Å²) in [7, 11) is 0. The normalized spacial score (nSPS) is 50.1. The fraction of sp³-hybridized carbons (Fsp3) is 0.926. The van der Waals surface area contributed by atoms with Gasteiger partial charge >= 0.3 is 0 Å². The molecule has 0 aromatic rings. The van der Waals surface area contributed by atoms with Gasteiger partial charge in [-0.2, -0.15) is 0 Å². The predicted octanol–water partition coefficient (Wildman–Crippen LogP) is 8.42. The lowest BCUT2D eigenvalue weighted by Crippen LogP contribution is -2.55. The summed E-state index contributed by atoms with van der Waals surface area (Å²) in [6.07, 6.45) is 19.2. The Morgan fingerprint density at radius 3 is 2.37 bits per heavy atom. The van der Waals surface area contributed by atoms with Crippen LogP contribution in [-0.2, 0) is 0 Å². The molecule has 0 radical (unpaired) electrons. The predicted molar refractivity (Wildman–Crippen MR) is 118 cm³/mol. The number of rotatable bonds is 3. The first kappa shape index (κ1) is 20.0. The van der Waals surface area contributed by atoms with E-state index in [1.165, 1.54) is 64.2 Å². The van der Waals surface area contributed by atoms with Crippen molar-refractivity contribution in [1.82, 2.24) is 0 Å². The van der Waals surface area contributed by atoms with E-state index in [0.29, 0.717) is 10.8 Å². The second kappa shape index (κ2) is 7.53. The Labute approximate surface area is 170 Å². The summed E-state index contributed by atoms with van der Waals surface area (Å²) in [5.41, 5.74) is 2.79. The van der Waals surface area contributed by atoms with Crippen LogP contribution in [0, 0.1) is 46.3 Å². The van der Waals surface area contributed by atoms with Crippen molar-refractivity contribution in [3.05, 3.63) is 12.2 Å². The van der Waals surface area contributed by atoms with E-state index in [1.54, 1.807) is 24.8 Å². The minimum atomic E-state index is 0.562. The highest BCUT2D eigenvalue weighted by Crippen LogP contribution is 2.67. The molecular weight excluding hydrogens is 324 g/mol. The highest BCUT2D eigenvalue weighted by molar-refractivity contribution is 5.14. The molecular formula is C27H46. The maximum Gasteiger partial charge on any atom is -0.0149 e. The third-order valence-corrected chi connectivity index (χ3v) is 10.8. The number of allylic oxidation sites excluding steroid dienone is 1. The summed E-state index contributed by atoms with van der Waals surface area (Å²) in [5.74, 6) is 5.90. The van der Waals surface area contributed by atoms with Crippen molar-refractivity contribution in [2.24, 2.45) is 46.3 Å². The zero-order valence-corrected chi connectivity index (χ0v) is 18.9. The van der Waals surface area contributed by atoms with Crippen molar-refractivity contribution in [3.8, 4) is 0 Å². The van der Waals surface area contributed by atoms with Gasteiger partial charge in [-0.25, -0.2) is 0 Å². The summed E-state index contributed by atoms with van der Waals surface area (Å²) in [6, 6.07) is 0. The minimum absolute atomic E-state index is 0.562. The average molecular weight is 371 g/mol. The van der Waals surface area contributed by atoms with E-state index in [9.17, 15) is 0 Å². The molecule has 4 fully saturated rings. The van der Waals surface area contributed by atoms with E-state index < -0.39 is 0 Å². The molecule has 0 nitrogen and oxygen atoms in total. The van der Waals surface area contributed by atoms with Gasteiger partial charge in [0.1, 0.15) is 0 Å². The molecule has 0 spiro atoms. The van der Waals surface area contributed by atoms with Crippen molar-refractivity contribution in [2.75, 3.05) is 0 Å². The minimum Gasteiger partial charge on any atom is -0.0996 e. The van der Waals surface area contributed by atoms with Gasteiger partial charge in [0.05, 0.1) is 0 Å². The number of hydrogen-bond acceptors (Lipinski definition) is 0. The Bertz CT molecular complexity index is 546. The molecule has 0 saturated heterocycles. The van der Waals surface area contributed by atoms with Gasteiger partial charge in [-0.1, -0.05) is 65.5 Å². The molecule has 4 saturated carbocycles. The fourth-order valence-corrected chi connectivity index (χ4v) is 9.09. The third kappa shape index (κ3) is 3.16. The van der Waals surface area contributed by atoms with E-state index in [4.69, 9.17) is 0 Å². The molecule has 27 heavy (non-hydrogen) atoms. The highest BCUT2D eigenvalue weighted by atomic mass is 14.6. The van der Waals surface area contributed by atoms with E-state index in [-0.39, 0.29) is 0 Å². The largest absolute Gasteiger partial charge is 0.0996 e. The van der Waals surface area contributed by atoms with Crippen molar-refractivity contribution < 1.29 is 0 Å². The monoisotopic (exact) mass is 370 g/mol. The van der Waals surface area contributed by atoms with E-state index in [2.05, 4.69) is 34.3 Å². The summed E-state index contributed by atoms with van der Waals surface area (Å²) in [5, 5.41) is 0. The molecule has 4 aliphatic rings. The second-order valence-electron chi connectivity index (χ2n) is 11.6.